The molecule has 2 rings (SSSR count). The molecule has 3 N–H and O–H groups in total. The fourth-order valence-corrected chi connectivity index (χ4v) is 2.59. The molecular formula is C20H21F3N2O2. The van der Waals surface area contributed by atoms with Gasteiger partial charge in [0.1, 0.15) is 29.1 Å². The summed E-state index contributed by atoms with van der Waals surface area (Å²) in [5.41, 5.74) is 6.09. The highest BCUT2D eigenvalue weighted by atomic mass is 19.1. The van der Waals surface area contributed by atoms with Gasteiger partial charge in [-0.05, 0) is 16.5 Å². The first-order valence-corrected chi connectivity index (χ1v) is 8.33. The molecule has 0 unspecified atom stereocenters. The zero-order valence-corrected chi connectivity index (χ0v) is 15.3. The number of nitrogens with two attached hydrogens (primary N) is 1. The van der Waals surface area contributed by atoms with Gasteiger partial charge in [0.05, 0.1) is 0 Å². The molecule has 0 aliphatic carbocycles. The Morgan fingerprint density at radius 2 is 1.56 bits per heavy atom. The molecule has 0 spiro atoms. The van der Waals surface area contributed by atoms with Crippen molar-refractivity contribution < 1.29 is 22.8 Å². The Morgan fingerprint density at radius 1 is 1.04 bits per heavy atom. The van der Waals surface area contributed by atoms with E-state index in [2.05, 4.69) is 26.1 Å². The number of amides is 2. The molecule has 0 saturated carbocycles. The number of benzene rings is 2. The maximum Gasteiger partial charge on any atom is 0.257 e. The lowest BCUT2D eigenvalue weighted by molar-refractivity contribution is -0.119. The molecule has 2 amide bonds. The van der Waals surface area contributed by atoms with Crippen molar-refractivity contribution in [3.8, 4) is 0 Å². The highest BCUT2D eigenvalue weighted by Crippen LogP contribution is 2.22. The predicted molar refractivity (Wildman–Crippen MR) is 95.6 cm³/mol. The second-order valence-electron chi connectivity index (χ2n) is 7.32. The van der Waals surface area contributed by atoms with Crippen molar-refractivity contribution in [3.63, 3.8) is 0 Å². The van der Waals surface area contributed by atoms with Crippen LogP contribution in [0.3, 0.4) is 0 Å². The molecule has 0 aliphatic rings. The zero-order valence-electron chi connectivity index (χ0n) is 15.3. The van der Waals surface area contributed by atoms with Gasteiger partial charge in [-0.25, -0.2) is 13.2 Å². The van der Waals surface area contributed by atoms with E-state index in [1.165, 1.54) is 0 Å². The molecule has 0 fully saturated rings. The van der Waals surface area contributed by atoms with E-state index in [0.29, 0.717) is 17.7 Å². The van der Waals surface area contributed by atoms with Crippen molar-refractivity contribution in [2.45, 2.75) is 38.6 Å². The van der Waals surface area contributed by atoms with Gasteiger partial charge in [0.2, 0.25) is 5.91 Å². The van der Waals surface area contributed by atoms with E-state index < -0.39 is 40.9 Å². The van der Waals surface area contributed by atoms with Crippen LogP contribution in [0.2, 0.25) is 0 Å². The number of hydrogen-bond acceptors (Lipinski definition) is 2. The standard InChI is InChI=1S/C20H21F3N2O2/c1-20(2,3)12-6-4-11(5-7-12)8-16(18(24)26)25-19(27)17-14(22)9-13(21)10-15(17)23/h4-7,9-10,16H,8H2,1-3H3,(H2,24,26)(H,25,27)/t16-/m0/s1. The van der Waals surface area contributed by atoms with E-state index in [1.807, 2.05) is 12.1 Å². The van der Waals surface area contributed by atoms with Crippen LogP contribution < -0.4 is 11.1 Å². The van der Waals surface area contributed by atoms with Gasteiger partial charge in [0, 0.05) is 18.6 Å². The average Bonchev–Trinajstić information content (AvgIpc) is 2.52. The largest absolute Gasteiger partial charge is 0.368 e. The van der Waals surface area contributed by atoms with Gasteiger partial charge in [-0.15, -0.1) is 0 Å². The molecule has 0 aliphatic heterocycles. The summed E-state index contributed by atoms with van der Waals surface area (Å²) < 4.78 is 40.5. The minimum absolute atomic E-state index is 0.0481. The van der Waals surface area contributed by atoms with Gasteiger partial charge in [0.25, 0.3) is 5.91 Å². The van der Waals surface area contributed by atoms with Crippen LogP contribution in [0.25, 0.3) is 0 Å². The first-order chi connectivity index (χ1) is 12.5. The summed E-state index contributed by atoms with van der Waals surface area (Å²) in [5, 5.41) is 2.21. The maximum atomic E-state index is 13.7. The quantitative estimate of drug-likeness (QED) is 0.839. The molecule has 0 heterocycles. The van der Waals surface area contributed by atoms with Gasteiger partial charge < -0.3 is 11.1 Å². The highest BCUT2D eigenvalue weighted by Gasteiger charge is 2.24. The minimum atomic E-state index is -1.36. The summed E-state index contributed by atoms with van der Waals surface area (Å²) in [6, 6.07) is 6.99. The summed E-state index contributed by atoms with van der Waals surface area (Å²) in [4.78, 5) is 23.8. The van der Waals surface area contributed by atoms with E-state index in [0.717, 1.165) is 5.56 Å². The van der Waals surface area contributed by atoms with Crippen molar-refractivity contribution in [3.05, 3.63) is 70.5 Å². The van der Waals surface area contributed by atoms with Crippen LogP contribution >= 0.6 is 0 Å². The maximum absolute atomic E-state index is 13.7. The molecule has 0 saturated heterocycles. The number of hydrogen-bond donors (Lipinski definition) is 2. The van der Waals surface area contributed by atoms with Gasteiger partial charge in [-0.2, -0.15) is 0 Å². The molecule has 2 aromatic carbocycles. The Morgan fingerprint density at radius 3 is 2.00 bits per heavy atom. The van der Waals surface area contributed by atoms with Crippen LogP contribution in [-0.2, 0) is 16.6 Å². The summed E-state index contributed by atoms with van der Waals surface area (Å²) in [6.45, 7) is 6.17. The minimum Gasteiger partial charge on any atom is -0.368 e. The Bertz CT molecular complexity index is 836. The lowest BCUT2D eigenvalue weighted by Gasteiger charge is -2.20. The van der Waals surface area contributed by atoms with Crippen LogP contribution in [0.4, 0.5) is 13.2 Å². The molecule has 0 aromatic heterocycles. The topological polar surface area (TPSA) is 72.2 Å². The second-order valence-corrected chi connectivity index (χ2v) is 7.32. The number of rotatable bonds is 5. The molecule has 4 nitrogen and oxygen atoms in total. The summed E-state index contributed by atoms with van der Waals surface area (Å²) >= 11 is 0. The zero-order chi connectivity index (χ0) is 20.4. The molecule has 1 atom stereocenters. The van der Waals surface area contributed by atoms with Gasteiger partial charge in [-0.1, -0.05) is 45.0 Å². The van der Waals surface area contributed by atoms with Crippen molar-refractivity contribution in [2.24, 2.45) is 5.73 Å². The summed E-state index contributed by atoms with van der Waals surface area (Å²) in [5.74, 6) is -5.90. The van der Waals surface area contributed by atoms with Crippen LogP contribution in [0.5, 0.6) is 0 Å². The molecule has 0 bridgehead atoms. The van der Waals surface area contributed by atoms with Crippen molar-refractivity contribution in [1.82, 2.24) is 5.32 Å². The first-order valence-electron chi connectivity index (χ1n) is 8.33. The lowest BCUT2D eigenvalue weighted by atomic mass is 9.86. The Hall–Kier alpha value is -2.83. The van der Waals surface area contributed by atoms with Crippen LogP contribution in [-0.4, -0.2) is 17.9 Å². The van der Waals surface area contributed by atoms with Gasteiger partial charge in [-0.3, -0.25) is 9.59 Å². The third-order valence-electron chi connectivity index (χ3n) is 4.14. The molecule has 2 aromatic rings. The van der Waals surface area contributed by atoms with Crippen LogP contribution in [0.15, 0.2) is 36.4 Å². The van der Waals surface area contributed by atoms with Gasteiger partial charge >= 0.3 is 0 Å². The predicted octanol–water partition coefficient (Wildman–Crippen LogP) is 3.23. The van der Waals surface area contributed by atoms with Gasteiger partial charge in [0.15, 0.2) is 0 Å². The van der Waals surface area contributed by atoms with E-state index in [1.54, 1.807) is 12.1 Å². The number of primary amides is 1. The molecule has 7 heteroatoms. The summed E-state index contributed by atoms with van der Waals surface area (Å²) in [7, 11) is 0. The van der Waals surface area contributed by atoms with Crippen LogP contribution in [0, 0.1) is 17.5 Å². The first kappa shape index (κ1) is 20.5. The van der Waals surface area contributed by atoms with E-state index >= 15 is 0 Å². The Labute approximate surface area is 155 Å². The summed E-state index contributed by atoms with van der Waals surface area (Å²) in [6.07, 6.45) is 0.0515. The number of halogens is 3. The third-order valence-corrected chi connectivity index (χ3v) is 4.14. The number of carbonyl (C=O) groups excluding carboxylic acids is 2. The van der Waals surface area contributed by atoms with E-state index in [-0.39, 0.29) is 11.8 Å². The lowest BCUT2D eigenvalue weighted by Crippen LogP contribution is -2.46. The fourth-order valence-electron chi connectivity index (χ4n) is 2.59. The van der Waals surface area contributed by atoms with Crippen molar-refractivity contribution in [1.29, 1.82) is 0 Å². The molecule has 27 heavy (non-hydrogen) atoms. The number of nitrogens with one attached hydrogen (secondary N) is 1. The molecular weight excluding hydrogens is 357 g/mol. The SMILES string of the molecule is CC(C)(C)c1ccc(C[C@H](NC(=O)c2c(F)cc(F)cc2F)C(N)=O)cc1. The molecule has 0 radical (unpaired) electrons. The monoisotopic (exact) mass is 378 g/mol. The highest BCUT2D eigenvalue weighted by molar-refractivity contribution is 5.97. The second kappa shape index (κ2) is 7.82. The molecule has 144 valence electrons. The smallest absolute Gasteiger partial charge is 0.257 e. The Kier molecular flexibility index (Phi) is 5.93. The number of carbonyl (C=O) groups is 2. The normalized spacial score (nSPS) is 12.5. The fraction of sp³-hybridized carbons (Fsp3) is 0.300. The van der Waals surface area contributed by atoms with Crippen molar-refractivity contribution >= 4 is 11.8 Å². The van der Waals surface area contributed by atoms with Crippen molar-refractivity contribution in [2.75, 3.05) is 0 Å². The van der Waals surface area contributed by atoms with E-state index in [9.17, 15) is 22.8 Å². The van der Waals surface area contributed by atoms with E-state index in [4.69, 9.17) is 5.73 Å². The van der Waals surface area contributed by atoms with Crippen LogP contribution in [0.1, 0.15) is 42.3 Å². The third kappa shape index (κ3) is 5.09. The average molecular weight is 378 g/mol. The Balaban J connectivity index is 2.19.